The molecule has 0 fully saturated rings. The van der Waals surface area contributed by atoms with Gasteiger partial charge in [0.05, 0.1) is 25.3 Å². The van der Waals surface area contributed by atoms with Crippen LogP contribution in [-0.4, -0.2) is 37.9 Å². The van der Waals surface area contributed by atoms with E-state index in [0.717, 1.165) is 6.07 Å². The molecule has 0 atom stereocenters. The standard InChI is InChI=1S/C13H14O6/c1-4-5-19-11-7-9(13(16)18-3)8(6-10(11)14)12(15)17-2/h4,6-7,14H,1,5H2,2-3H3. The number of methoxy groups -OCH3 is 2. The third-order valence-corrected chi connectivity index (χ3v) is 2.27. The maximum absolute atomic E-state index is 11.6. The number of esters is 2. The van der Waals surface area contributed by atoms with Gasteiger partial charge < -0.3 is 19.3 Å². The van der Waals surface area contributed by atoms with Crippen molar-refractivity contribution in [2.24, 2.45) is 0 Å². The zero-order chi connectivity index (χ0) is 14.4. The molecule has 0 unspecified atom stereocenters. The molecular weight excluding hydrogens is 252 g/mol. The fourth-order valence-corrected chi connectivity index (χ4v) is 1.39. The van der Waals surface area contributed by atoms with Crippen molar-refractivity contribution < 1.29 is 28.9 Å². The highest BCUT2D eigenvalue weighted by molar-refractivity contribution is 6.04. The monoisotopic (exact) mass is 266 g/mol. The molecule has 1 rings (SSSR count). The number of carbonyl (C=O) groups is 2. The Morgan fingerprint density at radius 1 is 1.21 bits per heavy atom. The zero-order valence-corrected chi connectivity index (χ0v) is 10.6. The first-order valence-corrected chi connectivity index (χ1v) is 5.32. The quantitative estimate of drug-likeness (QED) is 0.643. The Bertz CT molecular complexity index is 506. The van der Waals surface area contributed by atoms with Crippen LogP contribution in [0.15, 0.2) is 24.8 Å². The molecule has 6 heteroatoms. The number of benzene rings is 1. The van der Waals surface area contributed by atoms with Gasteiger partial charge in [0.2, 0.25) is 0 Å². The summed E-state index contributed by atoms with van der Waals surface area (Å²) >= 11 is 0. The Labute approximate surface area is 110 Å². The van der Waals surface area contributed by atoms with Crippen molar-refractivity contribution in [3.8, 4) is 11.5 Å². The van der Waals surface area contributed by atoms with E-state index >= 15 is 0 Å². The first kappa shape index (κ1) is 14.6. The summed E-state index contributed by atoms with van der Waals surface area (Å²) in [5.74, 6) is -1.72. The second-order valence-electron chi connectivity index (χ2n) is 3.45. The first-order valence-electron chi connectivity index (χ1n) is 5.32. The van der Waals surface area contributed by atoms with E-state index in [4.69, 9.17) is 4.74 Å². The maximum Gasteiger partial charge on any atom is 0.338 e. The van der Waals surface area contributed by atoms with Crippen molar-refractivity contribution >= 4 is 11.9 Å². The van der Waals surface area contributed by atoms with Gasteiger partial charge in [-0.05, 0) is 12.1 Å². The van der Waals surface area contributed by atoms with Crippen molar-refractivity contribution in [2.45, 2.75) is 0 Å². The lowest BCUT2D eigenvalue weighted by Crippen LogP contribution is -2.12. The van der Waals surface area contributed by atoms with Gasteiger partial charge in [-0.15, -0.1) is 0 Å². The first-order chi connectivity index (χ1) is 9.04. The zero-order valence-electron chi connectivity index (χ0n) is 10.6. The van der Waals surface area contributed by atoms with E-state index in [9.17, 15) is 14.7 Å². The molecular formula is C13H14O6. The summed E-state index contributed by atoms with van der Waals surface area (Å²) in [4.78, 5) is 23.1. The van der Waals surface area contributed by atoms with Gasteiger partial charge in [-0.2, -0.15) is 0 Å². The van der Waals surface area contributed by atoms with Gasteiger partial charge in [0.1, 0.15) is 6.61 Å². The van der Waals surface area contributed by atoms with Crippen molar-refractivity contribution in [3.63, 3.8) is 0 Å². The molecule has 1 N–H and O–H groups in total. The SMILES string of the molecule is C=CCOc1cc(C(=O)OC)c(C(=O)OC)cc1O. The van der Waals surface area contributed by atoms with Gasteiger partial charge in [0.15, 0.2) is 11.5 Å². The summed E-state index contributed by atoms with van der Waals surface area (Å²) in [6, 6.07) is 2.31. The van der Waals surface area contributed by atoms with Crippen LogP contribution in [0.5, 0.6) is 11.5 Å². The summed E-state index contributed by atoms with van der Waals surface area (Å²) in [5, 5.41) is 9.72. The van der Waals surface area contributed by atoms with E-state index in [1.165, 1.54) is 26.4 Å². The molecule has 0 aromatic heterocycles. The van der Waals surface area contributed by atoms with Crippen LogP contribution in [0.2, 0.25) is 0 Å². The smallest absolute Gasteiger partial charge is 0.338 e. The number of aromatic hydroxyl groups is 1. The minimum absolute atomic E-state index is 0.0490. The van der Waals surface area contributed by atoms with Crippen LogP contribution in [0, 0.1) is 0 Å². The van der Waals surface area contributed by atoms with Crippen molar-refractivity contribution in [1.29, 1.82) is 0 Å². The molecule has 0 bridgehead atoms. The summed E-state index contributed by atoms with van der Waals surface area (Å²) < 4.78 is 14.3. The van der Waals surface area contributed by atoms with Crippen molar-refractivity contribution in [3.05, 3.63) is 35.9 Å². The molecule has 19 heavy (non-hydrogen) atoms. The normalized spacial score (nSPS) is 9.58. The van der Waals surface area contributed by atoms with Gasteiger partial charge in [0, 0.05) is 0 Å². The van der Waals surface area contributed by atoms with Crippen molar-refractivity contribution in [2.75, 3.05) is 20.8 Å². The Balaban J connectivity index is 3.32. The molecule has 0 aliphatic carbocycles. The molecule has 0 radical (unpaired) electrons. The molecule has 0 aliphatic heterocycles. The molecule has 102 valence electrons. The summed E-state index contributed by atoms with van der Waals surface area (Å²) in [6.45, 7) is 3.61. The highest BCUT2D eigenvalue weighted by Crippen LogP contribution is 2.30. The predicted molar refractivity (Wildman–Crippen MR) is 66.5 cm³/mol. The van der Waals surface area contributed by atoms with Crippen LogP contribution in [0.25, 0.3) is 0 Å². The molecule has 0 saturated carbocycles. The van der Waals surface area contributed by atoms with Gasteiger partial charge in [0.25, 0.3) is 0 Å². The third kappa shape index (κ3) is 3.25. The van der Waals surface area contributed by atoms with Gasteiger partial charge in [-0.1, -0.05) is 12.7 Å². The van der Waals surface area contributed by atoms with Gasteiger partial charge in [-0.3, -0.25) is 0 Å². The number of hydrogen-bond acceptors (Lipinski definition) is 6. The third-order valence-electron chi connectivity index (χ3n) is 2.27. The van der Waals surface area contributed by atoms with Crippen LogP contribution >= 0.6 is 0 Å². The minimum Gasteiger partial charge on any atom is -0.504 e. The van der Waals surface area contributed by atoms with Gasteiger partial charge >= 0.3 is 11.9 Å². The van der Waals surface area contributed by atoms with Gasteiger partial charge in [-0.25, -0.2) is 9.59 Å². The lowest BCUT2D eigenvalue weighted by molar-refractivity contribution is 0.0554. The van der Waals surface area contributed by atoms with Crippen LogP contribution in [-0.2, 0) is 9.47 Å². The van der Waals surface area contributed by atoms with E-state index in [0.29, 0.717) is 0 Å². The Morgan fingerprint density at radius 3 is 2.21 bits per heavy atom. The Morgan fingerprint density at radius 2 is 1.74 bits per heavy atom. The Hall–Kier alpha value is -2.50. The summed E-state index contributed by atoms with van der Waals surface area (Å²) in [6.07, 6.45) is 1.48. The number of phenols is 1. The highest BCUT2D eigenvalue weighted by Gasteiger charge is 2.22. The van der Waals surface area contributed by atoms with Crippen LogP contribution in [0.4, 0.5) is 0 Å². The lowest BCUT2D eigenvalue weighted by Gasteiger charge is -2.11. The molecule has 0 amide bonds. The Kier molecular flexibility index (Phi) is 4.93. The molecule has 0 aliphatic rings. The summed E-state index contributed by atoms with van der Waals surface area (Å²) in [7, 11) is 2.35. The van der Waals surface area contributed by atoms with Crippen LogP contribution in [0.3, 0.4) is 0 Å². The lowest BCUT2D eigenvalue weighted by atomic mass is 10.1. The van der Waals surface area contributed by atoms with Crippen LogP contribution < -0.4 is 4.74 Å². The molecule has 6 nitrogen and oxygen atoms in total. The minimum atomic E-state index is -0.758. The molecule has 1 aromatic carbocycles. The fourth-order valence-electron chi connectivity index (χ4n) is 1.39. The largest absolute Gasteiger partial charge is 0.504 e. The predicted octanol–water partition coefficient (Wildman–Crippen LogP) is 1.53. The number of ether oxygens (including phenoxy) is 3. The average Bonchev–Trinajstić information content (AvgIpc) is 2.43. The molecule has 0 saturated heterocycles. The topological polar surface area (TPSA) is 82.1 Å². The maximum atomic E-state index is 11.6. The van der Waals surface area contributed by atoms with Crippen LogP contribution in [0.1, 0.15) is 20.7 Å². The molecule has 0 spiro atoms. The van der Waals surface area contributed by atoms with E-state index in [1.807, 2.05) is 0 Å². The highest BCUT2D eigenvalue weighted by atomic mass is 16.5. The van der Waals surface area contributed by atoms with E-state index in [2.05, 4.69) is 16.1 Å². The van der Waals surface area contributed by atoms with E-state index in [-0.39, 0.29) is 29.2 Å². The van der Waals surface area contributed by atoms with E-state index < -0.39 is 11.9 Å². The summed E-state index contributed by atoms with van der Waals surface area (Å²) in [5.41, 5.74) is -0.149. The number of carbonyl (C=O) groups excluding carboxylic acids is 2. The second-order valence-corrected chi connectivity index (χ2v) is 3.45. The average molecular weight is 266 g/mol. The van der Waals surface area contributed by atoms with Crippen molar-refractivity contribution in [1.82, 2.24) is 0 Å². The van der Waals surface area contributed by atoms with E-state index in [1.54, 1.807) is 0 Å². The molecule has 1 aromatic rings. The fraction of sp³-hybridized carbons (Fsp3) is 0.231. The second kappa shape index (κ2) is 6.44. The molecule has 0 heterocycles. The number of phenolic OH excluding ortho intramolecular Hbond substituents is 1. The number of hydrogen-bond donors (Lipinski definition) is 1. The number of rotatable bonds is 5.